The van der Waals surface area contributed by atoms with Crippen molar-refractivity contribution in [2.45, 2.75) is 20.3 Å². The number of hydrogen-bond acceptors (Lipinski definition) is 6. The van der Waals surface area contributed by atoms with E-state index in [0.29, 0.717) is 23.0 Å². The van der Waals surface area contributed by atoms with E-state index in [9.17, 15) is 9.36 Å². The first-order chi connectivity index (χ1) is 13.0. The van der Waals surface area contributed by atoms with Crippen LogP contribution in [0.15, 0.2) is 63.8 Å². The van der Waals surface area contributed by atoms with Gasteiger partial charge >= 0.3 is 13.4 Å². The van der Waals surface area contributed by atoms with Crippen molar-refractivity contribution < 1.29 is 22.6 Å². The summed E-state index contributed by atoms with van der Waals surface area (Å²) < 4.78 is 34.1. The summed E-state index contributed by atoms with van der Waals surface area (Å²) in [4.78, 5) is 12.3. The molecule has 0 saturated carbocycles. The minimum atomic E-state index is -3.76. The Balaban J connectivity index is 2.02. The van der Waals surface area contributed by atoms with E-state index in [-0.39, 0.29) is 19.0 Å². The molecule has 1 heterocycles. The van der Waals surface area contributed by atoms with Gasteiger partial charge in [0, 0.05) is 12.0 Å². The molecule has 0 unspecified atom stereocenters. The maximum absolute atomic E-state index is 12.7. The molecular formula is C20H21O6P. The summed E-state index contributed by atoms with van der Waals surface area (Å²) in [6.07, 6.45) is 0.419. The molecule has 0 N–H and O–H groups in total. The van der Waals surface area contributed by atoms with Gasteiger partial charge in [-0.05, 0) is 37.6 Å². The van der Waals surface area contributed by atoms with Crippen LogP contribution in [0.1, 0.15) is 25.0 Å². The van der Waals surface area contributed by atoms with E-state index in [2.05, 4.69) is 0 Å². The van der Waals surface area contributed by atoms with Gasteiger partial charge in [-0.15, -0.1) is 0 Å². The summed E-state index contributed by atoms with van der Waals surface area (Å²) in [6.45, 7) is 3.76. The molecule has 3 rings (SSSR count). The average molecular weight is 388 g/mol. The van der Waals surface area contributed by atoms with Gasteiger partial charge in [-0.1, -0.05) is 36.4 Å². The van der Waals surface area contributed by atoms with Crippen LogP contribution in [0.4, 0.5) is 0 Å². The van der Waals surface area contributed by atoms with Gasteiger partial charge in [0.25, 0.3) is 0 Å². The number of hydrogen-bond donors (Lipinski definition) is 0. The van der Waals surface area contributed by atoms with E-state index in [1.54, 1.807) is 38.1 Å². The van der Waals surface area contributed by atoms with Crippen LogP contribution in [0.5, 0.6) is 5.75 Å². The molecule has 0 fully saturated rings. The third kappa shape index (κ3) is 4.66. The first-order valence-electron chi connectivity index (χ1n) is 8.73. The van der Waals surface area contributed by atoms with Crippen molar-refractivity contribution in [3.05, 3.63) is 76.1 Å². The molecule has 0 spiro atoms. The SMILES string of the molecule is CCOP(=O)(OCC)Oc1cccc2oc(=O)c(Cc3ccccc3)cc12. The number of benzene rings is 2. The fourth-order valence-corrected chi connectivity index (χ4v) is 3.91. The summed E-state index contributed by atoms with van der Waals surface area (Å²) in [7, 11) is -3.76. The Morgan fingerprint density at radius 1 is 0.963 bits per heavy atom. The van der Waals surface area contributed by atoms with Gasteiger partial charge in [0.05, 0.1) is 18.6 Å². The van der Waals surface area contributed by atoms with Crippen molar-refractivity contribution in [1.82, 2.24) is 0 Å². The second-order valence-corrected chi connectivity index (χ2v) is 7.36. The smallest absolute Gasteiger partial charge is 0.422 e. The third-order valence-corrected chi connectivity index (χ3v) is 5.40. The average Bonchev–Trinajstić information content (AvgIpc) is 2.64. The Morgan fingerprint density at radius 3 is 2.33 bits per heavy atom. The minimum Gasteiger partial charge on any atom is -0.422 e. The van der Waals surface area contributed by atoms with E-state index in [0.717, 1.165) is 5.56 Å². The Morgan fingerprint density at radius 2 is 1.67 bits per heavy atom. The van der Waals surface area contributed by atoms with Crippen LogP contribution >= 0.6 is 7.82 Å². The lowest BCUT2D eigenvalue weighted by atomic mass is 10.1. The molecule has 2 aromatic carbocycles. The highest BCUT2D eigenvalue weighted by molar-refractivity contribution is 7.48. The van der Waals surface area contributed by atoms with E-state index >= 15 is 0 Å². The Labute approximate surface area is 157 Å². The summed E-state index contributed by atoms with van der Waals surface area (Å²) >= 11 is 0. The third-order valence-electron chi connectivity index (χ3n) is 3.83. The van der Waals surface area contributed by atoms with Gasteiger partial charge in [0.2, 0.25) is 0 Å². The van der Waals surface area contributed by atoms with Crippen LogP contribution < -0.4 is 10.1 Å². The largest absolute Gasteiger partial charge is 0.530 e. The molecule has 0 bridgehead atoms. The van der Waals surface area contributed by atoms with Gasteiger partial charge in [-0.2, -0.15) is 0 Å². The van der Waals surface area contributed by atoms with Crippen molar-refractivity contribution in [1.29, 1.82) is 0 Å². The number of rotatable bonds is 8. The van der Waals surface area contributed by atoms with Gasteiger partial charge in [-0.25, -0.2) is 9.36 Å². The van der Waals surface area contributed by atoms with Crippen LogP contribution in [-0.2, 0) is 20.0 Å². The standard InChI is InChI=1S/C20H21O6P/c1-3-23-27(22,24-4-2)26-19-12-8-11-18-17(19)14-16(20(21)25-18)13-15-9-6-5-7-10-15/h5-12,14H,3-4,13H2,1-2H3. The van der Waals surface area contributed by atoms with Crippen LogP contribution in [0.2, 0.25) is 0 Å². The minimum absolute atomic E-state index is 0.177. The van der Waals surface area contributed by atoms with E-state index in [1.807, 2.05) is 30.3 Å². The van der Waals surface area contributed by atoms with Crippen molar-refractivity contribution in [3.63, 3.8) is 0 Å². The van der Waals surface area contributed by atoms with Crippen LogP contribution in [-0.4, -0.2) is 13.2 Å². The second-order valence-electron chi connectivity index (χ2n) is 5.76. The fraction of sp³-hybridized carbons (Fsp3) is 0.250. The normalized spacial score (nSPS) is 11.6. The molecule has 142 valence electrons. The lowest BCUT2D eigenvalue weighted by molar-refractivity contribution is 0.168. The first kappa shape index (κ1) is 19.4. The molecule has 0 atom stereocenters. The van der Waals surface area contributed by atoms with E-state index in [1.165, 1.54) is 0 Å². The summed E-state index contributed by atoms with van der Waals surface area (Å²) in [5.41, 5.74) is 1.39. The van der Waals surface area contributed by atoms with Crippen molar-refractivity contribution >= 4 is 18.8 Å². The monoisotopic (exact) mass is 388 g/mol. The predicted molar refractivity (Wildman–Crippen MR) is 103 cm³/mol. The molecule has 0 aliphatic heterocycles. The lowest BCUT2D eigenvalue weighted by Crippen LogP contribution is -2.08. The van der Waals surface area contributed by atoms with Crippen molar-refractivity contribution in [2.75, 3.05) is 13.2 Å². The highest BCUT2D eigenvalue weighted by Crippen LogP contribution is 2.50. The van der Waals surface area contributed by atoms with Crippen LogP contribution in [0.3, 0.4) is 0 Å². The van der Waals surface area contributed by atoms with Gasteiger partial charge in [0.15, 0.2) is 0 Å². The highest BCUT2D eigenvalue weighted by Gasteiger charge is 2.28. The molecule has 27 heavy (non-hydrogen) atoms. The number of fused-ring (bicyclic) bond motifs is 1. The number of phosphoric acid groups is 1. The molecule has 0 amide bonds. The molecule has 0 aliphatic carbocycles. The summed E-state index contributed by atoms with van der Waals surface area (Å²) in [6, 6.07) is 16.2. The zero-order valence-electron chi connectivity index (χ0n) is 15.2. The molecule has 0 aliphatic rings. The molecule has 3 aromatic rings. The number of phosphoric ester groups is 1. The quantitative estimate of drug-likeness (QED) is 0.402. The Bertz CT molecular complexity index is 1000. The van der Waals surface area contributed by atoms with Gasteiger partial charge in [-0.3, -0.25) is 9.05 Å². The van der Waals surface area contributed by atoms with Crippen LogP contribution in [0.25, 0.3) is 11.0 Å². The molecule has 6 nitrogen and oxygen atoms in total. The highest BCUT2D eigenvalue weighted by atomic mass is 31.2. The van der Waals surface area contributed by atoms with Crippen molar-refractivity contribution in [3.8, 4) is 5.75 Å². The molecule has 0 saturated heterocycles. The molecule has 7 heteroatoms. The predicted octanol–water partition coefficient (Wildman–Crippen LogP) is 4.94. The summed E-state index contributed by atoms with van der Waals surface area (Å²) in [5, 5.41) is 0.530. The van der Waals surface area contributed by atoms with Crippen molar-refractivity contribution in [2.24, 2.45) is 0 Å². The van der Waals surface area contributed by atoms with E-state index < -0.39 is 13.4 Å². The molecule has 1 aromatic heterocycles. The Kier molecular flexibility index (Phi) is 6.11. The van der Waals surface area contributed by atoms with Gasteiger partial charge < -0.3 is 8.94 Å². The maximum Gasteiger partial charge on any atom is 0.530 e. The summed E-state index contributed by atoms with van der Waals surface area (Å²) in [5.74, 6) is 0.274. The van der Waals surface area contributed by atoms with E-state index in [4.69, 9.17) is 18.0 Å². The second kappa shape index (κ2) is 8.53. The maximum atomic E-state index is 12.7. The van der Waals surface area contributed by atoms with Gasteiger partial charge in [0.1, 0.15) is 11.3 Å². The first-order valence-corrected chi connectivity index (χ1v) is 10.2. The molecular weight excluding hydrogens is 367 g/mol. The Hall–Kier alpha value is -2.40. The van der Waals surface area contributed by atoms with Crippen LogP contribution in [0, 0.1) is 0 Å². The molecule has 0 radical (unpaired) electrons. The zero-order chi connectivity index (χ0) is 19.3. The lowest BCUT2D eigenvalue weighted by Gasteiger charge is -2.18. The topological polar surface area (TPSA) is 75.0 Å². The zero-order valence-corrected chi connectivity index (χ0v) is 16.1. The fourth-order valence-electron chi connectivity index (χ4n) is 2.70.